The van der Waals surface area contributed by atoms with Gasteiger partial charge in [-0.15, -0.1) is 0 Å². The molecule has 532 valence electrons. The van der Waals surface area contributed by atoms with Crippen molar-refractivity contribution in [2.24, 2.45) is 0 Å². The number of nitrogens with one attached hydrogen (secondary N) is 8. The Bertz CT molecular complexity index is 4560. The molecule has 0 unspecified atom stereocenters. The van der Waals surface area contributed by atoms with E-state index in [2.05, 4.69) is 102 Å². The van der Waals surface area contributed by atoms with Gasteiger partial charge in [0.2, 0.25) is 11.8 Å². The highest BCUT2D eigenvalue weighted by Crippen LogP contribution is 2.32. The second-order valence-corrected chi connectivity index (χ2v) is 23.6. The van der Waals surface area contributed by atoms with Crippen LogP contribution >= 0.6 is 0 Å². The fourth-order valence-electron chi connectivity index (χ4n) is 11.3. The number of halogens is 6. The second kappa shape index (κ2) is 34.1. The molecule has 6 aromatic carbocycles. The average molecular weight is 1410 g/mol. The lowest BCUT2D eigenvalue weighted by atomic mass is 10.0. The van der Waals surface area contributed by atoms with Gasteiger partial charge in [0.1, 0.15) is 23.1 Å². The molecule has 2 atom stereocenters. The van der Waals surface area contributed by atoms with Crippen LogP contribution in [0.15, 0.2) is 183 Å². The van der Waals surface area contributed by atoms with Crippen molar-refractivity contribution in [3.8, 4) is 34.0 Å². The minimum Gasteiger partial charge on any atom is -0.711 e. The number of fused-ring (bicyclic) bond motifs is 4. The third kappa shape index (κ3) is 20.1. The molecule has 0 bridgehead atoms. The monoisotopic (exact) mass is 1400 g/mol. The number of pyridine rings is 2. The maximum absolute atomic E-state index is 13.5. The van der Waals surface area contributed by atoms with E-state index in [0.717, 1.165) is 124 Å². The number of imidazole rings is 2. The molecule has 0 saturated carbocycles. The topological polar surface area (TPSA) is 318 Å². The molecule has 0 aliphatic carbocycles. The Kier molecular flexibility index (Phi) is 24.8. The summed E-state index contributed by atoms with van der Waals surface area (Å²) >= 11 is 0. The number of ether oxygens (including phenoxy) is 2. The van der Waals surface area contributed by atoms with Gasteiger partial charge >= 0.3 is 24.3 Å². The Morgan fingerprint density at radius 2 is 0.873 bits per heavy atom. The molecule has 12 aromatic rings. The molecule has 6 aromatic heterocycles. The zero-order valence-corrected chi connectivity index (χ0v) is 55.8. The highest BCUT2D eigenvalue weighted by Gasteiger charge is 2.39. The van der Waals surface area contributed by atoms with Gasteiger partial charge in [-0.3, -0.25) is 20.2 Å². The number of nitrogens with zero attached hydrogens (tertiary/aromatic N) is 4. The Hall–Kier alpha value is -12.1. The lowest BCUT2D eigenvalue weighted by Gasteiger charge is -2.17. The summed E-state index contributed by atoms with van der Waals surface area (Å²) in [4.78, 5) is 68.0. The molecule has 0 radical (unpaired) electrons. The fraction of sp³-hybridized carbons (Fsp3) is 0.243. The molecule has 10 N–H and O–H groups in total. The van der Waals surface area contributed by atoms with Gasteiger partial charge in [0.15, 0.2) is 0 Å². The van der Waals surface area contributed by atoms with Crippen molar-refractivity contribution in [2.45, 2.75) is 89.7 Å². The minimum absolute atomic E-state index is 0.0831. The third-order valence-electron chi connectivity index (χ3n) is 16.6. The van der Waals surface area contributed by atoms with Gasteiger partial charge in [-0.05, 0) is 146 Å². The number of carbonyl (C=O) groups is 4. The SMILES string of the molecule is COc1ccc2[nH]c(C)c(CC(=O)N[C@@H](CCCCNc3cccc[n+]3[O-])c3ncc(-c4ccc5ccccc5c4)[nH]3)c2c1.COc1ccc2[nH]c(C)c(CC(=O)N[C@@H](CCCCNc3cccc[n+]3[O-])c3ncc(-c4ccc5ccccc5c4)[nH]3)c2c1.O=C(O)C(F)(F)F.O=C(O)C(F)(F)F. The number of amides is 2. The van der Waals surface area contributed by atoms with Crippen LogP contribution in [0.5, 0.6) is 11.5 Å². The van der Waals surface area contributed by atoms with E-state index in [4.69, 9.17) is 39.2 Å². The van der Waals surface area contributed by atoms with Crippen LogP contribution in [-0.2, 0) is 32.0 Å². The maximum atomic E-state index is 13.5. The number of hydrogen-bond donors (Lipinski definition) is 10. The first kappa shape index (κ1) is 74.1. The lowest BCUT2D eigenvalue weighted by molar-refractivity contribution is -0.590. The van der Waals surface area contributed by atoms with Gasteiger partial charge < -0.3 is 60.7 Å². The number of hydrogen-bond acceptors (Lipinski definition) is 12. The van der Waals surface area contributed by atoms with E-state index in [9.17, 15) is 46.3 Å². The zero-order chi connectivity index (χ0) is 73.1. The Morgan fingerprint density at radius 3 is 1.24 bits per heavy atom. The number of alkyl halides is 6. The van der Waals surface area contributed by atoms with Gasteiger partial charge in [-0.1, -0.05) is 84.9 Å². The number of benzene rings is 6. The molecule has 0 aliphatic heterocycles. The predicted octanol–water partition coefficient (Wildman–Crippen LogP) is 14.0. The predicted molar refractivity (Wildman–Crippen MR) is 374 cm³/mol. The highest BCUT2D eigenvalue weighted by atomic mass is 19.4. The molecular weight excluding hydrogens is 1330 g/mol. The van der Waals surface area contributed by atoms with Crippen LogP contribution in [0.2, 0.25) is 0 Å². The van der Waals surface area contributed by atoms with Crippen LogP contribution in [0.25, 0.3) is 65.9 Å². The van der Waals surface area contributed by atoms with Crippen LogP contribution in [0, 0.1) is 24.3 Å². The summed E-state index contributed by atoms with van der Waals surface area (Å²) in [5.41, 5.74) is 9.62. The molecule has 0 aliphatic rings. The second-order valence-electron chi connectivity index (χ2n) is 23.6. The number of aromatic amines is 4. The summed E-state index contributed by atoms with van der Waals surface area (Å²) in [6.07, 6.45) is 1.55. The van der Waals surface area contributed by atoms with E-state index < -0.39 is 24.3 Å². The van der Waals surface area contributed by atoms with Gasteiger partial charge in [0.25, 0.3) is 11.6 Å². The summed E-state index contributed by atoms with van der Waals surface area (Å²) in [7, 11) is 3.28. The molecule has 102 heavy (non-hydrogen) atoms. The van der Waals surface area contributed by atoms with Crippen LogP contribution in [-0.4, -0.2) is 104 Å². The highest BCUT2D eigenvalue weighted by molar-refractivity contribution is 5.93. The van der Waals surface area contributed by atoms with E-state index in [1.165, 1.54) is 23.2 Å². The van der Waals surface area contributed by atoms with Crippen LogP contribution in [0.4, 0.5) is 38.0 Å². The molecule has 2 amide bonds. The van der Waals surface area contributed by atoms with E-state index in [1.807, 2.05) is 99.0 Å². The lowest BCUT2D eigenvalue weighted by Crippen LogP contribution is -2.31. The Morgan fingerprint density at radius 1 is 0.500 bits per heavy atom. The fourth-order valence-corrected chi connectivity index (χ4v) is 11.3. The summed E-state index contributed by atoms with van der Waals surface area (Å²) in [6.45, 7) is 5.26. The third-order valence-corrected chi connectivity index (χ3v) is 16.6. The van der Waals surface area contributed by atoms with Crippen LogP contribution in [0.1, 0.15) is 84.8 Å². The largest absolute Gasteiger partial charge is 0.711 e. The normalized spacial score (nSPS) is 11.9. The summed E-state index contributed by atoms with van der Waals surface area (Å²) in [5.74, 6) is -1.71. The molecule has 22 nitrogen and oxygen atoms in total. The van der Waals surface area contributed by atoms with E-state index >= 15 is 0 Å². The number of rotatable bonds is 24. The molecule has 12 rings (SSSR count). The first-order valence-electron chi connectivity index (χ1n) is 32.3. The number of aliphatic carboxylic acids is 2. The first-order chi connectivity index (χ1) is 48.8. The van der Waals surface area contributed by atoms with Crippen LogP contribution < -0.4 is 40.2 Å². The minimum atomic E-state index is -5.08. The molecule has 6 heterocycles. The summed E-state index contributed by atoms with van der Waals surface area (Å²) in [6, 6.07) is 50.8. The molecular formula is C74H74F6N12O10. The number of unbranched alkanes of at least 4 members (excludes halogenated alkanes) is 2. The summed E-state index contributed by atoms with van der Waals surface area (Å²) < 4.78 is 76.0. The number of carboxylic acid groups (broad SMARTS) is 2. The van der Waals surface area contributed by atoms with Crippen molar-refractivity contribution in [1.29, 1.82) is 0 Å². The van der Waals surface area contributed by atoms with Crippen molar-refractivity contribution in [1.82, 2.24) is 40.5 Å². The quantitative estimate of drug-likeness (QED) is 0.0116. The van der Waals surface area contributed by atoms with Crippen molar-refractivity contribution in [3.63, 3.8) is 0 Å². The average Bonchev–Trinajstić information content (AvgIpc) is 1.65. The number of H-pyrrole nitrogens is 4. The van der Waals surface area contributed by atoms with Gasteiger partial charge in [-0.25, -0.2) is 29.0 Å². The first-order valence-corrected chi connectivity index (χ1v) is 32.3. The molecule has 0 spiro atoms. The van der Waals surface area contributed by atoms with Gasteiger partial charge in [0, 0.05) is 56.5 Å². The number of aryl methyl sites for hydroxylation is 2. The van der Waals surface area contributed by atoms with E-state index in [0.29, 0.717) is 49.2 Å². The smallest absolute Gasteiger partial charge is 0.490 e. The van der Waals surface area contributed by atoms with E-state index in [1.54, 1.807) is 38.5 Å². The molecule has 0 saturated heterocycles. The van der Waals surface area contributed by atoms with Crippen molar-refractivity contribution >= 4 is 78.7 Å². The number of carboxylic acids is 2. The van der Waals surface area contributed by atoms with Gasteiger partial charge in [-0.2, -0.15) is 26.3 Å². The standard InChI is InChI=1S/2C35H36N6O3.2C2HF3O2/c2*1-23-28(29-20-27(44-2)15-16-30(29)38-23)21-34(42)39-31(11-5-7-17-36-33-12-6-8-18-41(33)43)35-37-22-32(40-35)26-14-13-24-9-3-4-10-25(24)19-26;2*3-2(4,5)1(6)7/h2*3-4,6,8-10,12-16,18-20,22,31,36,38H,5,7,11,17,21H2,1-2H3,(H,37,40)(H,39,42);2*(H,6,7)/t2*31-;;/m00../s1. The van der Waals surface area contributed by atoms with Crippen molar-refractivity contribution in [3.05, 3.63) is 227 Å². The van der Waals surface area contributed by atoms with Crippen LogP contribution in [0.3, 0.4) is 0 Å². The van der Waals surface area contributed by atoms with Crippen molar-refractivity contribution < 1.29 is 74.7 Å². The van der Waals surface area contributed by atoms with Crippen molar-refractivity contribution in [2.75, 3.05) is 37.9 Å². The number of anilines is 2. The number of methoxy groups -OCH3 is 2. The van der Waals surface area contributed by atoms with E-state index in [-0.39, 0.29) is 36.7 Å². The number of aromatic nitrogens is 8. The zero-order valence-electron chi connectivity index (χ0n) is 55.8. The Balaban J connectivity index is 0.000000200. The molecule has 28 heteroatoms. The molecule has 0 fully saturated rings. The van der Waals surface area contributed by atoms with Gasteiger partial charge in [0.05, 0.1) is 88.4 Å². The number of carbonyl (C=O) groups excluding carboxylic acids is 2. The summed E-state index contributed by atoms with van der Waals surface area (Å²) in [5, 5.41) is 57.7. The Labute approximate surface area is 580 Å². The maximum Gasteiger partial charge on any atom is 0.490 e.